The molecule has 1 amide bonds. The van der Waals surface area contributed by atoms with Gasteiger partial charge in [-0.2, -0.15) is 5.10 Å². The summed E-state index contributed by atoms with van der Waals surface area (Å²) in [5, 5.41) is 22.8. The Bertz CT molecular complexity index is 1630. The molecular weight excluding hydrogens is 402 g/mol. The van der Waals surface area contributed by atoms with Crippen LogP contribution in [-0.4, -0.2) is 31.2 Å². The fourth-order valence-corrected chi connectivity index (χ4v) is 3.95. The number of aromatic amines is 2. The molecule has 0 radical (unpaired) electrons. The highest BCUT2D eigenvalue weighted by Gasteiger charge is 2.16. The Morgan fingerprint density at radius 3 is 2.59 bits per heavy atom. The molecule has 0 aliphatic heterocycles. The normalized spacial score (nSPS) is 11.4. The summed E-state index contributed by atoms with van der Waals surface area (Å²) >= 11 is 0. The third-order valence-electron chi connectivity index (χ3n) is 5.55. The molecule has 4 N–H and O–H groups in total. The van der Waals surface area contributed by atoms with E-state index in [0.717, 1.165) is 32.7 Å². The van der Waals surface area contributed by atoms with Crippen LogP contribution < -0.4 is 5.32 Å². The number of aromatic hydroxyl groups is 1. The van der Waals surface area contributed by atoms with Crippen LogP contribution in [0.4, 0.5) is 5.69 Å². The number of phenols is 1. The van der Waals surface area contributed by atoms with Crippen LogP contribution in [0.1, 0.15) is 10.4 Å². The van der Waals surface area contributed by atoms with Gasteiger partial charge in [-0.05, 0) is 53.9 Å². The van der Waals surface area contributed by atoms with Crippen LogP contribution in [0.3, 0.4) is 0 Å². The molecule has 0 saturated carbocycles. The van der Waals surface area contributed by atoms with Crippen molar-refractivity contribution in [3.63, 3.8) is 0 Å². The van der Waals surface area contributed by atoms with Gasteiger partial charge in [0.05, 0.1) is 16.6 Å². The number of carbonyl (C=O) groups excluding carboxylic acids is 1. The van der Waals surface area contributed by atoms with Crippen molar-refractivity contribution in [3.8, 4) is 17.3 Å². The smallest absolute Gasteiger partial charge is 0.255 e. The Morgan fingerprint density at radius 2 is 1.72 bits per heavy atom. The monoisotopic (exact) mass is 419 g/mol. The summed E-state index contributed by atoms with van der Waals surface area (Å²) in [6.45, 7) is 0. The van der Waals surface area contributed by atoms with E-state index in [-0.39, 0.29) is 11.7 Å². The molecular formula is C25H17N5O2. The Morgan fingerprint density at radius 1 is 0.875 bits per heavy atom. The van der Waals surface area contributed by atoms with Gasteiger partial charge < -0.3 is 15.4 Å². The van der Waals surface area contributed by atoms with Crippen molar-refractivity contribution in [1.29, 1.82) is 0 Å². The molecule has 6 rings (SSSR count). The van der Waals surface area contributed by atoms with Crippen molar-refractivity contribution >= 4 is 44.3 Å². The van der Waals surface area contributed by atoms with Gasteiger partial charge in [-0.15, -0.1) is 0 Å². The summed E-state index contributed by atoms with van der Waals surface area (Å²) < 4.78 is 0. The number of rotatable bonds is 3. The number of imidazole rings is 1. The van der Waals surface area contributed by atoms with Crippen LogP contribution in [0.2, 0.25) is 0 Å². The number of hydrogen-bond donors (Lipinski definition) is 4. The minimum absolute atomic E-state index is 0.146. The largest absolute Gasteiger partial charge is 0.508 e. The van der Waals surface area contributed by atoms with E-state index in [1.54, 1.807) is 24.3 Å². The van der Waals surface area contributed by atoms with Crippen LogP contribution in [0.25, 0.3) is 44.2 Å². The van der Waals surface area contributed by atoms with Gasteiger partial charge in [0.2, 0.25) is 0 Å². The Labute approximate surface area is 181 Å². The van der Waals surface area contributed by atoms with E-state index in [9.17, 15) is 9.90 Å². The SMILES string of the molecule is O=C(Nc1ccc(O)cc1)c1ccc2c(-c3nc4c(ccc5ccccc54)[nH]3)n[nH]c2c1. The van der Waals surface area contributed by atoms with Gasteiger partial charge in [0.15, 0.2) is 5.82 Å². The number of anilines is 1. The number of H-pyrrole nitrogens is 2. The van der Waals surface area contributed by atoms with Crippen molar-refractivity contribution in [3.05, 3.63) is 84.4 Å². The second-order valence-corrected chi connectivity index (χ2v) is 7.60. The van der Waals surface area contributed by atoms with Crippen LogP contribution >= 0.6 is 0 Å². The lowest BCUT2D eigenvalue weighted by atomic mass is 10.1. The molecule has 0 aliphatic rings. The van der Waals surface area contributed by atoms with Crippen molar-refractivity contribution in [2.45, 2.75) is 0 Å². The Kier molecular flexibility index (Phi) is 3.94. The predicted molar refractivity (Wildman–Crippen MR) is 125 cm³/mol. The van der Waals surface area contributed by atoms with Gasteiger partial charge in [-0.1, -0.05) is 30.3 Å². The predicted octanol–water partition coefficient (Wildman–Crippen LogP) is 5.22. The number of hydrogen-bond acceptors (Lipinski definition) is 4. The number of amides is 1. The molecule has 6 aromatic rings. The molecule has 0 saturated heterocycles. The van der Waals surface area contributed by atoms with Gasteiger partial charge in [0, 0.05) is 22.0 Å². The van der Waals surface area contributed by atoms with E-state index in [4.69, 9.17) is 4.98 Å². The lowest BCUT2D eigenvalue weighted by Crippen LogP contribution is -2.11. The molecule has 154 valence electrons. The summed E-state index contributed by atoms with van der Waals surface area (Å²) in [7, 11) is 0. The highest BCUT2D eigenvalue weighted by atomic mass is 16.3. The maximum absolute atomic E-state index is 12.6. The molecule has 0 unspecified atom stereocenters. The fourth-order valence-electron chi connectivity index (χ4n) is 3.95. The molecule has 7 nitrogen and oxygen atoms in total. The Balaban J connectivity index is 1.36. The maximum atomic E-state index is 12.6. The third-order valence-corrected chi connectivity index (χ3v) is 5.55. The molecule has 2 aromatic heterocycles. The number of phenolic OH excluding ortho intramolecular Hbond substituents is 1. The summed E-state index contributed by atoms with van der Waals surface area (Å²) in [6, 6.07) is 24.0. The van der Waals surface area contributed by atoms with E-state index in [1.807, 2.05) is 24.3 Å². The summed E-state index contributed by atoms with van der Waals surface area (Å²) in [4.78, 5) is 20.8. The third kappa shape index (κ3) is 2.95. The van der Waals surface area contributed by atoms with E-state index in [1.165, 1.54) is 12.1 Å². The molecule has 2 heterocycles. The highest BCUT2D eigenvalue weighted by Crippen LogP contribution is 2.30. The van der Waals surface area contributed by atoms with Crippen LogP contribution in [0.5, 0.6) is 5.75 Å². The molecule has 32 heavy (non-hydrogen) atoms. The first-order valence-electron chi connectivity index (χ1n) is 10.1. The minimum Gasteiger partial charge on any atom is -0.508 e. The maximum Gasteiger partial charge on any atom is 0.255 e. The topological polar surface area (TPSA) is 107 Å². The van der Waals surface area contributed by atoms with Gasteiger partial charge in [0.25, 0.3) is 5.91 Å². The standard InChI is InChI=1S/C25H17N5O2/c31-17-9-7-16(8-10-17)26-25(32)15-5-11-19-21(13-15)29-30-23(19)24-27-20-12-6-14-3-1-2-4-18(14)22(20)28-24/h1-13,31H,(H,26,32)(H,27,28)(H,29,30). The zero-order chi connectivity index (χ0) is 21.7. The molecule has 0 atom stereocenters. The zero-order valence-electron chi connectivity index (χ0n) is 16.8. The van der Waals surface area contributed by atoms with Crippen molar-refractivity contribution in [2.75, 3.05) is 5.32 Å². The molecule has 0 fully saturated rings. The van der Waals surface area contributed by atoms with Gasteiger partial charge in [-0.3, -0.25) is 9.89 Å². The first kappa shape index (κ1) is 18.1. The van der Waals surface area contributed by atoms with Crippen LogP contribution in [-0.2, 0) is 0 Å². The molecule has 7 heteroatoms. The van der Waals surface area contributed by atoms with Crippen molar-refractivity contribution < 1.29 is 9.90 Å². The van der Waals surface area contributed by atoms with Crippen molar-refractivity contribution in [2.24, 2.45) is 0 Å². The number of carbonyl (C=O) groups is 1. The average Bonchev–Trinajstić information content (AvgIpc) is 3.44. The number of aromatic nitrogens is 4. The minimum atomic E-state index is -0.246. The van der Waals surface area contributed by atoms with E-state index < -0.39 is 0 Å². The molecule has 0 aliphatic carbocycles. The van der Waals surface area contributed by atoms with Gasteiger partial charge in [0.1, 0.15) is 11.4 Å². The highest BCUT2D eigenvalue weighted by molar-refractivity contribution is 6.08. The summed E-state index contributed by atoms with van der Waals surface area (Å²) in [6.07, 6.45) is 0. The first-order valence-corrected chi connectivity index (χ1v) is 10.1. The fraction of sp³-hybridized carbons (Fsp3) is 0. The zero-order valence-corrected chi connectivity index (χ0v) is 16.8. The Hall–Kier alpha value is -4.65. The second kappa shape index (κ2) is 6.95. The first-order chi connectivity index (χ1) is 15.7. The summed E-state index contributed by atoms with van der Waals surface area (Å²) in [5.74, 6) is 0.570. The van der Waals surface area contributed by atoms with Gasteiger partial charge in [-0.25, -0.2) is 4.98 Å². The molecule has 0 bridgehead atoms. The van der Waals surface area contributed by atoms with E-state index in [0.29, 0.717) is 22.8 Å². The lowest BCUT2D eigenvalue weighted by Gasteiger charge is -2.05. The number of nitrogens with zero attached hydrogens (tertiary/aromatic N) is 2. The number of nitrogens with one attached hydrogen (secondary N) is 3. The van der Waals surface area contributed by atoms with Gasteiger partial charge >= 0.3 is 0 Å². The quantitative estimate of drug-likeness (QED) is 0.295. The molecule has 0 spiro atoms. The number of fused-ring (bicyclic) bond motifs is 4. The lowest BCUT2D eigenvalue weighted by molar-refractivity contribution is 0.102. The van der Waals surface area contributed by atoms with Crippen LogP contribution in [0.15, 0.2) is 78.9 Å². The van der Waals surface area contributed by atoms with Crippen molar-refractivity contribution in [1.82, 2.24) is 20.2 Å². The van der Waals surface area contributed by atoms with Crippen LogP contribution in [0, 0.1) is 0 Å². The van der Waals surface area contributed by atoms with E-state index in [2.05, 4.69) is 38.7 Å². The number of benzene rings is 4. The van der Waals surface area contributed by atoms with E-state index >= 15 is 0 Å². The summed E-state index contributed by atoms with van der Waals surface area (Å²) in [5.41, 5.74) is 4.39. The molecule has 4 aromatic carbocycles. The average molecular weight is 419 g/mol. The second-order valence-electron chi connectivity index (χ2n) is 7.60.